The van der Waals surface area contributed by atoms with Crippen LogP contribution in [-0.4, -0.2) is 62.0 Å². The zero-order valence-corrected chi connectivity index (χ0v) is 10.2. The van der Waals surface area contributed by atoms with Gasteiger partial charge in [-0.15, -0.1) is 0 Å². The molecule has 0 aromatic heterocycles. The Kier molecular flexibility index (Phi) is 4.19. The lowest BCUT2D eigenvalue weighted by molar-refractivity contribution is 0.0257. The molecule has 2 N–H and O–H groups in total. The van der Waals surface area contributed by atoms with Gasteiger partial charge in [0.25, 0.3) is 0 Å². The normalized spacial score (nSPS) is 36.8. The third kappa shape index (κ3) is 3.42. The summed E-state index contributed by atoms with van der Waals surface area (Å²) in [5, 5.41) is 13.5. The number of rotatable bonds is 4. The Hall–Kier alpha value is -0.160. The highest BCUT2D eigenvalue weighted by atomic mass is 16.5. The number of likely N-dealkylation sites (tertiary alicyclic amines) is 1. The zero-order valence-electron chi connectivity index (χ0n) is 10.2. The summed E-state index contributed by atoms with van der Waals surface area (Å²) in [6.07, 6.45) is 3.38. The third-order valence-electron chi connectivity index (χ3n) is 3.69. The number of nitrogens with zero attached hydrogens (tertiary/aromatic N) is 1. The number of ether oxygens (including phenoxy) is 1. The fraction of sp³-hybridized carbons (Fsp3) is 1.00. The van der Waals surface area contributed by atoms with Gasteiger partial charge in [-0.05, 0) is 38.9 Å². The van der Waals surface area contributed by atoms with Crippen LogP contribution in [0.3, 0.4) is 0 Å². The Morgan fingerprint density at radius 3 is 3.12 bits per heavy atom. The molecule has 2 saturated heterocycles. The van der Waals surface area contributed by atoms with Crippen LogP contribution >= 0.6 is 0 Å². The van der Waals surface area contributed by atoms with E-state index in [2.05, 4.69) is 17.3 Å². The van der Waals surface area contributed by atoms with Crippen LogP contribution in [0.15, 0.2) is 0 Å². The molecule has 0 aromatic carbocycles. The van der Waals surface area contributed by atoms with Crippen molar-refractivity contribution in [2.24, 2.45) is 5.92 Å². The van der Waals surface area contributed by atoms with Crippen LogP contribution in [0, 0.1) is 5.92 Å². The zero-order chi connectivity index (χ0) is 11.4. The maximum Gasteiger partial charge on any atom is 0.102 e. The first-order chi connectivity index (χ1) is 7.68. The molecule has 4 heteroatoms. The van der Waals surface area contributed by atoms with Crippen LogP contribution in [-0.2, 0) is 4.74 Å². The molecule has 2 rings (SSSR count). The van der Waals surface area contributed by atoms with Gasteiger partial charge in [-0.1, -0.05) is 0 Å². The van der Waals surface area contributed by atoms with Crippen molar-refractivity contribution in [2.75, 3.05) is 46.4 Å². The van der Waals surface area contributed by atoms with Gasteiger partial charge in [0.15, 0.2) is 0 Å². The van der Waals surface area contributed by atoms with Crippen LogP contribution in [0.5, 0.6) is 0 Å². The Bertz CT molecular complexity index is 217. The van der Waals surface area contributed by atoms with Crippen molar-refractivity contribution in [1.29, 1.82) is 0 Å². The second-order valence-electron chi connectivity index (χ2n) is 5.43. The number of piperidine rings is 1. The molecule has 2 heterocycles. The minimum absolute atomic E-state index is 0.491. The highest BCUT2D eigenvalue weighted by molar-refractivity contribution is 4.85. The lowest BCUT2D eigenvalue weighted by atomic mass is 9.97. The van der Waals surface area contributed by atoms with Gasteiger partial charge in [0.2, 0.25) is 0 Å². The SMILES string of the molecule is CN1CCCC(CNCC2(O)CCOC2)C1. The minimum Gasteiger partial charge on any atom is -0.386 e. The van der Waals surface area contributed by atoms with E-state index in [9.17, 15) is 5.11 Å². The molecular formula is C12H24N2O2. The van der Waals surface area contributed by atoms with E-state index in [1.165, 1.54) is 25.9 Å². The second-order valence-corrected chi connectivity index (χ2v) is 5.43. The molecule has 0 aliphatic carbocycles. The van der Waals surface area contributed by atoms with Crippen molar-refractivity contribution in [1.82, 2.24) is 10.2 Å². The van der Waals surface area contributed by atoms with Gasteiger partial charge in [-0.25, -0.2) is 0 Å². The molecule has 4 nitrogen and oxygen atoms in total. The van der Waals surface area contributed by atoms with Crippen LogP contribution in [0.2, 0.25) is 0 Å². The van der Waals surface area contributed by atoms with Crippen LogP contribution in [0.1, 0.15) is 19.3 Å². The second kappa shape index (κ2) is 5.45. The average molecular weight is 228 g/mol. The molecule has 94 valence electrons. The van der Waals surface area contributed by atoms with Gasteiger partial charge in [-0.2, -0.15) is 0 Å². The summed E-state index contributed by atoms with van der Waals surface area (Å²) in [4.78, 5) is 2.39. The summed E-state index contributed by atoms with van der Waals surface area (Å²) in [7, 11) is 2.19. The van der Waals surface area contributed by atoms with E-state index in [1.807, 2.05) is 0 Å². The van der Waals surface area contributed by atoms with E-state index >= 15 is 0 Å². The van der Waals surface area contributed by atoms with Crippen molar-refractivity contribution >= 4 is 0 Å². The third-order valence-corrected chi connectivity index (χ3v) is 3.69. The standard InChI is InChI=1S/C12H24N2O2/c1-14-5-2-3-11(8-14)7-13-9-12(15)4-6-16-10-12/h11,13,15H,2-10H2,1H3. The summed E-state index contributed by atoms with van der Waals surface area (Å²) < 4.78 is 5.22. The quantitative estimate of drug-likeness (QED) is 0.715. The molecule has 16 heavy (non-hydrogen) atoms. The maximum atomic E-state index is 10.1. The van der Waals surface area contributed by atoms with Crippen molar-refractivity contribution < 1.29 is 9.84 Å². The van der Waals surface area contributed by atoms with Crippen molar-refractivity contribution in [3.8, 4) is 0 Å². The van der Waals surface area contributed by atoms with Gasteiger partial charge in [0, 0.05) is 26.1 Å². The predicted molar refractivity (Wildman–Crippen MR) is 63.5 cm³/mol. The molecule has 2 unspecified atom stereocenters. The van der Waals surface area contributed by atoms with E-state index in [1.54, 1.807) is 0 Å². The first-order valence-electron chi connectivity index (χ1n) is 6.37. The molecule has 0 bridgehead atoms. The Morgan fingerprint density at radius 1 is 1.56 bits per heavy atom. The monoisotopic (exact) mass is 228 g/mol. The molecule has 2 aliphatic rings. The summed E-state index contributed by atoms with van der Waals surface area (Å²) >= 11 is 0. The molecular weight excluding hydrogens is 204 g/mol. The van der Waals surface area contributed by atoms with Crippen molar-refractivity contribution in [3.05, 3.63) is 0 Å². The van der Waals surface area contributed by atoms with Crippen LogP contribution in [0.25, 0.3) is 0 Å². The predicted octanol–water partition coefficient (Wildman–Crippen LogP) is 0.0692. The first kappa shape index (κ1) is 12.3. The Morgan fingerprint density at radius 2 is 2.44 bits per heavy atom. The van der Waals surface area contributed by atoms with E-state index in [0.29, 0.717) is 19.8 Å². The molecule has 2 atom stereocenters. The minimum atomic E-state index is -0.611. The molecule has 0 radical (unpaired) electrons. The fourth-order valence-electron chi connectivity index (χ4n) is 2.68. The molecule has 2 aliphatic heterocycles. The van der Waals surface area contributed by atoms with Crippen molar-refractivity contribution in [2.45, 2.75) is 24.9 Å². The van der Waals surface area contributed by atoms with E-state index in [4.69, 9.17) is 4.74 Å². The van der Waals surface area contributed by atoms with Gasteiger partial charge in [0.1, 0.15) is 5.60 Å². The molecule has 0 saturated carbocycles. The lowest BCUT2D eigenvalue weighted by Gasteiger charge is -2.30. The van der Waals surface area contributed by atoms with Gasteiger partial charge < -0.3 is 20.1 Å². The Balaban J connectivity index is 1.63. The number of hydrogen-bond donors (Lipinski definition) is 2. The smallest absolute Gasteiger partial charge is 0.102 e. The number of aliphatic hydroxyl groups is 1. The van der Waals surface area contributed by atoms with Crippen LogP contribution in [0.4, 0.5) is 0 Å². The first-order valence-corrected chi connectivity index (χ1v) is 6.37. The van der Waals surface area contributed by atoms with Crippen molar-refractivity contribution in [3.63, 3.8) is 0 Å². The van der Waals surface area contributed by atoms with E-state index < -0.39 is 5.60 Å². The molecule has 0 aromatic rings. The van der Waals surface area contributed by atoms with Gasteiger partial charge in [-0.3, -0.25) is 0 Å². The summed E-state index contributed by atoms with van der Waals surface area (Å²) in [5.41, 5.74) is -0.611. The van der Waals surface area contributed by atoms with Crippen LogP contribution < -0.4 is 5.32 Å². The topological polar surface area (TPSA) is 44.7 Å². The average Bonchev–Trinajstić information content (AvgIpc) is 2.65. The molecule has 2 fully saturated rings. The van der Waals surface area contributed by atoms with Gasteiger partial charge >= 0.3 is 0 Å². The lowest BCUT2D eigenvalue weighted by Crippen LogP contribution is -2.44. The molecule has 0 amide bonds. The summed E-state index contributed by atoms with van der Waals surface area (Å²) in [6, 6.07) is 0. The van der Waals surface area contributed by atoms with E-state index in [0.717, 1.165) is 18.9 Å². The number of nitrogens with one attached hydrogen (secondary N) is 1. The summed E-state index contributed by atoms with van der Waals surface area (Å²) in [5.74, 6) is 0.740. The molecule has 0 spiro atoms. The van der Waals surface area contributed by atoms with Gasteiger partial charge in [0.05, 0.1) is 6.61 Å². The fourth-order valence-corrected chi connectivity index (χ4v) is 2.68. The maximum absolute atomic E-state index is 10.1. The highest BCUT2D eigenvalue weighted by Gasteiger charge is 2.31. The number of hydrogen-bond acceptors (Lipinski definition) is 4. The van der Waals surface area contributed by atoms with E-state index in [-0.39, 0.29) is 0 Å². The largest absolute Gasteiger partial charge is 0.386 e. The summed E-state index contributed by atoms with van der Waals surface area (Å²) in [6.45, 7) is 5.30. The highest BCUT2D eigenvalue weighted by Crippen LogP contribution is 2.18. The Labute approximate surface area is 98.0 Å².